The third-order valence-corrected chi connectivity index (χ3v) is 18.8. The van der Waals surface area contributed by atoms with Crippen LogP contribution in [0.25, 0.3) is 6.08 Å². The molecule has 0 unspecified atom stereocenters. The Hall–Kier alpha value is -6.61. The number of aliphatic imine (C=N–C) groups is 2. The molecule has 2 saturated heterocycles. The first-order chi connectivity index (χ1) is 44.9. The molecule has 504 valence electrons. The third kappa shape index (κ3) is 23.6. The van der Waals surface area contributed by atoms with Gasteiger partial charge in [0.15, 0.2) is 0 Å². The monoisotopic (exact) mass is 1520 g/mol. The van der Waals surface area contributed by atoms with E-state index in [0.29, 0.717) is 0 Å². The molecule has 0 amide bonds. The van der Waals surface area contributed by atoms with Crippen LogP contribution in [-0.2, 0) is 27.0 Å². The molecule has 8 aromatic rings. The molecule has 0 aromatic heterocycles. The summed E-state index contributed by atoms with van der Waals surface area (Å²) < 4.78 is 30.1. The second kappa shape index (κ2) is 38.2. The summed E-state index contributed by atoms with van der Waals surface area (Å²) in [6.07, 6.45) is 8.08. The second-order valence-corrected chi connectivity index (χ2v) is 34.6. The van der Waals surface area contributed by atoms with Crippen molar-refractivity contribution in [1.82, 2.24) is 0 Å². The van der Waals surface area contributed by atoms with Crippen LogP contribution in [0.3, 0.4) is 0 Å². The maximum absolute atomic E-state index is 5.98. The minimum absolute atomic E-state index is 0.158. The van der Waals surface area contributed by atoms with Gasteiger partial charge in [0, 0.05) is 41.9 Å². The quantitative estimate of drug-likeness (QED) is 0.0538. The normalized spacial score (nSPS) is 12.8. The van der Waals surface area contributed by atoms with E-state index in [1.165, 1.54) is 92.1 Å². The van der Waals surface area contributed by atoms with Gasteiger partial charge in [0.1, 0.15) is 11.5 Å². The molecule has 10 rings (SSSR count). The number of halogens is 4. The van der Waals surface area contributed by atoms with Crippen molar-refractivity contribution < 1.29 is 50.7 Å². The second-order valence-electron chi connectivity index (χ2n) is 23.2. The van der Waals surface area contributed by atoms with Crippen molar-refractivity contribution in [2.24, 2.45) is 9.98 Å². The van der Waals surface area contributed by atoms with Gasteiger partial charge in [0.05, 0.1) is 19.9 Å². The first-order valence-electron chi connectivity index (χ1n) is 30.9. The zero-order valence-corrected chi connectivity index (χ0v) is 63.6. The van der Waals surface area contributed by atoms with Gasteiger partial charge in [-0.3, -0.25) is 4.99 Å². The van der Waals surface area contributed by atoms with Crippen LogP contribution in [0.4, 0.5) is 28.4 Å². The Morgan fingerprint density at radius 2 is 0.819 bits per heavy atom. The predicted octanol–water partition coefficient (Wildman–Crippen LogP) is 20.8. The van der Waals surface area contributed by atoms with E-state index < -0.39 is 27.0 Å². The molecule has 0 bridgehead atoms. The molecular formula is C78H91Cl4N5O5Ru2-2. The molecule has 94 heavy (non-hydrogen) atoms. The van der Waals surface area contributed by atoms with Crippen molar-refractivity contribution in [3.63, 3.8) is 0 Å². The summed E-state index contributed by atoms with van der Waals surface area (Å²) in [6.45, 7) is 37.5. The van der Waals surface area contributed by atoms with E-state index in [0.717, 1.165) is 81.0 Å². The molecule has 2 heterocycles. The van der Waals surface area contributed by atoms with E-state index in [-0.39, 0.29) is 6.10 Å². The van der Waals surface area contributed by atoms with Crippen molar-refractivity contribution in [2.45, 2.75) is 102 Å². The molecule has 2 fully saturated rings. The Balaban J connectivity index is 0.000000188. The van der Waals surface area contributed by atoms with Gasteiger partial charge in [-0.05, 0) is 150 Å². The SMILES string of the molecule is C=Cc1cc(OC)ccc1C=Nc1ccc(OC)cc1.COc1ccc(N=Cc2ccc(OC)cc2[CH]=[Ru]([Cl])[Cl])cc1.Cc1cc(C)c(N2[CH-]CCC2)c(C)c1.Cc1cc(C)c(N2[CH-]N(c3c(C)cc(C)cc3C)CC2)c(C)c1.Cc1ccc(OC(C)C)c([CH]=[Ru]([Cl])[Cl])c1. The molecular weight excluding hydrogens is 1430 g/mol. The van der Waals surface area contributed by atoms with E-state index in [4.69, 9.17) is 62.4 Å². The van der Waals surface area contributed by atoms with E-state index in [9.17, 15) is 0 Å². The molecule has 0 aliphatic carbocycles. The van der Waals surface area contributed by atoms with Crippen LogP contribution < -0.4 is 38.4 Å². The minimum atomic E-state index is -1.92. The fourth-order valence-corrected chi connectivity index (χ4v) is 14.9. The summed E-state index contributed by atoms with van der Waals surface area (Å²) in [4.78, 5) is 16.1. The Bertz CT molecular complexity index is 3800. The number of ether oxygens (including phenoxy) is 5. The van der Waals surface area contributed by atoms with Crippen LogP contribution in [0.5, 0.6) is 28.7 Å². The number of methoxy groups -OCH3 is 4. The number of aryl methyl sites for hydroxylation is 10. The molecule has 0 N–H and O–H groups in total. The van der Waals surface area contributed by atoms with Crippen molar-refractivity contribution in [1.29, 1.82) is 0 Å². The zero-order valence-electron chi connectivity index (χ0n) is 57.1. The van der Waals surface area contributed by atoms with Crippen molar-refractivity contribution in [2.75, 3.05) is 62.8 Å². The maximum atomic E-state index is 5.98. The summed E-state index contributed by atoms with van der Waals surface area (Å²) >= 11 is -3.71. The Kier molecular flexibility index (Phi) is 31.1. The summed E-state index contributed by atoms with van der Waals surface area (Å²) in [5.74, 6) is 4.05. The van der Waals surface area contributed by atoms with Gasteiger partial charge in [-0.2, -0.15) is 13.1 Å². The summed E-state index contributed by atoms with van der Waals surface area (Å²) in [5.41, 5.74) is 24.2. The van der Waals surface area contributed by atoms with E-state index in [1.807, 2.05) is 139 Å². The number of nitrogens with zero attached hydrogens (tertiary/aromatic N) is 5. The van der Waals surface area contributed by atoms with E-state index in [2.05, 4.69) is 143 Å². The van der Waals surface area contributed by atoms with Gasteiger partial charge < -0.3 is 24.2 Å². The number of hydrogen-bond donors (Lipinski definition) is 0. The Morgan fingerprint density at radius 3 is 1.19 bits per heavy atom. The number of hydrogen-bond acceptors (Lipinski definition) is 10. The molecule has 0 saturated carbocycles. The Morgan fingerprint density at radius 1 is 0.436 bits per heavy atom. The van der Waals surface area contributed by atoms with Crippen LogP contribution in [0.1, 0.15) is 110 Å². The average Bonchev–Trinajstić information content (AvgIpc) is 1.63. The van der Waals surface area contributed by atoms with Crippen molar-refractivity contribution >= 4 is 94.9 Å². The molecule has 0 atom stereocenters. The van der Waals surface area contributed by atoms with Crippen LogP contribution in [0, 0.1) is 82.5 Å². The van der Waals surface area contributed by atoms with Gasteiger partial charge in [0.2, 0.25) is 0 Å². The molecule has 2 aliphatic heterocycles. The number of anilines is 3. The van der Waals surface area contributed by atoms with Gasteiger partial charge in [-0.1, -0.05) is 72.2 Å². The van der Waals surface area contributed by atoms with Crippen molar-refractivity contribution in [3.05, 3.63) is 243 Å². The van der Waals surface area contributed by atoms with Gasteiger partial charge in [-0.15, -0.1) is 0 Å². The number of rotatable bonds is 16. The summed E-state index contributed by atoms with van der Waals surface area (Å²) in [6, 6.07) is 46.3. The van der Waals surface area contributed by atoms with Crippen molar-refractivity contribution in [3.8, 4) is 28.7 Å². The number of benzene rings is 8. The summed E-state index contributed by atoms with van der Waals surface area (Å²) in [5, 5.41) is 0. The van der Waals surface area contributed by atoms with Crippen LogP contribution in [0.15, 0.2) is 156 Å². The van der Waals surface area contributed by atoms with Crippen LogP contribution in [-0.4, -0.2) is 75.8 Å². The topological polar surface area (TPSA) is 80.6 Å². The molecule has 16 heteroatoms. The first-order valence-corrected chi connectivity index (χ1v) is 41.9. The fraction of sp³-hybridized carbons (Fsp3) is 0.282. The third-order valence-electron chi connectivity index (χ3n) is 15.1. The average molecular weight is 1520 g/mol. The predicted molar refractivity (Wildman–Crippen MR) is 399 cm³/mol. The molecule has 10 nitrogen and oxygen atoms in total. The standard InChI is InChI=1S/C21H27N2.C17H17NO2.C16H15NO2.C13H18N.C11H14O.4ClH.2Ru/c1-14-9-16(3)20(17(4)10-14)22-7-8-23(13-22)21-18(5)11-15(2)12-19(21)6;1-4-13-11-17(20-3)8-5-14(13)12-18-15-6-9-16(19-2)10-7-15;1-12-10-16(19-3)7-4-13(12)11-17-14-5-8-15(18-2)9-6-14;1-10-8-11(2)13(12(3)9-10)14-6-4-5-7-14;1-8(2)12-11-6-5-9(3)7-10(11)4;;;;;;/h9-13H,7-8H2,1-6H3;4-12H,1H2,2-3H3;1,4-11H,2-3H3;6,8-9H,4-5,7H2,1-3H3;4-8H,1-3H3;4*1H;;/q-1;;;-1;;;;;;2*+2/p-4. The van der Waals surface area contributed by atoms with Crippen LogP contribution in [0.2, 0.25) is 0 Å². The zero-order chi connectivity index (χ0) is 68.6. The first kappa shape index (κ1) is 76.4. The van der Waals surface area contributed by atoms with E-state index in [1.54, 1.807) is 40.7 Å². The van der Waals surface area contributed by atoms with Gasteiger partial charge in [0.25, 0.3) is 0 Å². The Labute approximate surface area is 587 Å². The van der Waals surface area contributed by atoms with Gasteiger partial charge >= 0.3 is 247 Å². The molecule has 2 aliphatic rings. The summed E-state index contributed by atoms with van der Waals surface area (Å²) in [7, 11) is 30.3. The van der Waals surface area contributed by atoms with E-state index >= 15 is 0 Å². The molecule has 0 radical (unpaired) electrons. The molecule has 0 spiro atoms. The fourth-order valence-electron chi connectivity index (χ4n) is 11.3. The van der Waals surface area contributed by atoms with Crippen LogP contribution >= 0.6 is 38.8 Å². The van der Waals surface area contributed by atoms with Gasteiger partial charge in [-0.25, -0.2) is 6.54 Å². The molecule has 8 aromatic carbocycles.